The second-order valence-electron chi connectivity index (χ2n) is 16.0. The molecule has 2 unspecified atom stereocenters. The van der Waals surface area contributed by atoms with Crippen LogP contribution in [0.4, 0.5) is 0 Å². The third-order valence-corrected chi connectivity index (χ3v) is 11.5. The highest BCUT2D eigenvalue weighted by molar-refractivity contribution is 6.31. The SMILES string of the molecule is [B]c1ccc(C2=C3C(=O)N(CC(CCCCCC)CCCCCCCC)C(c4ccco4)=C3C(=O)N2CC(CCCCCC)CCCCCCCC)o1. The summed E-state index contributed by atoms with van der Waals surface area (Å²) in [6.07, 6.45) is 30.6. The van der Waals surface area contributed by atoms with Gasteiger partial charge in [0.15, 0.2) is 13.6 Å². The molecule has 2 aromatic rings. The number of hydrogen-bond acceptors (Lipinski definition) is 4. The van der Waals surface area contributed by atoms with E-state index in [-0.39, 0.29) is 17.5 Å². The fourth-order valence-electron chi connectivity index (χ4n) is 8.47. The van der Waals surface area contributed by atoms with Gasteiger partial charge in [0, 0.05) is 18.7 Å². The second-order valence-corrected chi connectivity index (χ2v) is 16.0. The van der Waals surface area contributed by atoms with Crippen LogP contribution in [-0.2, 0) is 9.59 Å². The summed E-state index contributed by atoms with van der Waals surface area (Å²) in [5.41, 5.74) is 2.39. The number of rotatable bonds is 30. The molecule has 0 fully saturated rings. The summed E-state index contributed by atoms with van der Waals surface area (Å²) in [6.45, 7) is 10.2. The first-order chi connectivity index (χ1) is 25.9. The Bertz CT molecular complexity index is 1420. The molecule has 2 radical (unpaired) electrons. The van der Waals surface area contributed by atoms with Crippen LogP contribution in [0.5, 0.6) is 0 Å². The molecular weight excluding hydrogens is 655 g/mol. The normalized spacial score (nSPS) is 15.8. The monoisotopic (exact) mass is 727 g/mol. The Morgan fingerprint density at radius 3 is 1.30 bits per heavy atom. The third kappa shape index (κ3) is 12.5. The third-order valence-electron chi connectivity index (χ3n) is 11.5. The summed E-state index contributed by atoms with van der Waals surface area (Å²) in [5, 5.41) is 0. The lowest BCUT2D eigenvalue weighted by Crippen LogP contribution is -2.34. The second kappa shape index (κ2) is 23.7. The smallest absolute Gasteiger partial charge is 0.261 e. The van der Waals surface area contributed by atoms with E-state index in [9.17, 15) is 9.59 Å². The predicted molar refractivity (Wildman–Crippen MR) is 221 cm³/mol. The molecule has 0 saturated carbocycles. The van der Waals surface area contributed by atoms with Crippen LogP contribution in [0.15, 0.2) is 50.5 Å². The first kappa shape index (κ1) is 42.8. The molecule has 4 heterocycles. The molecule has 2 atom stereocenters. The van der Waals surface area contributed by atoms with Gasteiger partial charge in [0.05, 0.1) is 17.4 Å². The van der Waals surface area contributed by atoms with Crippen LogP contribution in [-0.4, -0.2) is 42.5 Å². The van der Waals surface area contributed by atoms with Gasteiger partial charge in [-0.25, -0.2) is 0 Å². The maximum absolute atomic E-state index is 14.9. The Morgan fingerprint density at radius 2 is 0.925 bits per heavy atom. The summed E-state index contributed by atoms with van der Waals surface area (Å²) in [6, 6.07) is 7.29. The van der Waals surface area contributed by atoms with Gasteiger partial charge < -0.3 is 18.6 Å². The largest absolute Gasteiger partial charge is 0.471 e. The fraction of sp³-hybridized carbons (Fsp3) is 0.696. The summed E-state index contributed by atoms with van der Waals surface area (Å²) in [4.78, 5) is 33.5. The van der Waals surface area contributed by atoms with E-state index in [0.29, 0.717) is 59.0 Å². The topological polar surface area (TPSA) is 66.9 Å². The van der Waals surface area contributed by atoms with Gasteiger partial charge in [-0.3, -0.25) is 9.59 Å². The van der Waals surface area contributed by atoms with E-state index in [0.717, 1.165) is 44.9 Å². The number of carbonyl (C=O) groups is 2. The number of carbonyl (C=O) groups excluding carboxylic acids is 2. The summed E-state index contributed by atoms with van der Waals surface area (Å²) >= 11 is 0. The maximum Gasteiger partial charge on any atom is 0.261 e. The number of fused-ring (bicyclic) bond motifs is 1. The molecule has 4 rings (SSSR count). The summed E-state index contributed by atoms with van der Waals surface area (Å²) in [7, 11) is 6.14. The molecule has 6 nitrogen and oxygen atoms in total. The van der Waals surface area contributed by atoms with E-state index < -0.39 is 0 Å². The number of nitrogens with zero attached hydrogens (tertiary/aromatic N) is 2. The van der Waals surface area contributed by atoms with Crippen molar-refractivity contribution < 1.29 is 18.4 Å². The Kier molecular flexibility index (Phi) is 19.2. The molecule has 0 saturated heterocycles. The molecule has 0 aromatic carbocycles. The first-order valence-electron chi connectivity index (χ1n) is 22.0. The van der Waals surface area contributed by atoms with Gasteiger partial charge in [0.2, 0.25) is 0 Å². The maximum atomic E-state index is 14.9. The van der Waals surface area contributed by atoms with Crippen LogP contribution in [0.3, 0.4) is 0 Å². The van der Waals surface area contributed by atoms with Crippen molar-refractivity contribution >= 4 is 36.7 Å². The van der Waals surface area contributed by atoms with Crippen molar-refractivity contribution in [3.05, 3.63) is 53.2 Å². The molecular formula is C46H71BN2O4. The summed E-state index contributed by atoms with van der Waals surface area (Å²) < 4.78 is 12.1. The minimum absolute atomic E-state index is 0.121. The Morgan fingerprint density at radius 1 is 0.528 bits per heavy atom. The molecule has 2 aliphatic rings. The zero-order chi connectivity index (χ0) is 37.8. The van der Waals surface area contributed by atoms with E-state index in [1.807, 2.05) is 28.0 Å². The van der Waals surface area contributed by atoms with E-state index in [4.69, 9.17) is 16.7 Å². The fourth-order valence-corrected chi connectivity index (χ4v) is 8.47. The minimum atomic E-state index is -0.121. The van der Waals surface area contributed by atoms with Crippen LogP contribution in [0, 0.1) is 11.8 Å². The standard InChI is InChI=1S/C46H71BN2O4/c1-5-9-13-17-19-23-28-36(26-21-15-11-7-3)34-48-43(38-30-25-33-52-38)41-42(46(48)51)44(39-31-32-40(47)53-39)49(45(41)50)35-37(27-22-16-12-8-4)29-24-20-18-14-10-6-2/h25,30-33,36-37H,5-24,26-29,34-35H2,1-4H3. The average Bonchev–Trinajstić information content (AvgIpc) is 3.95. The molecule has 0 N–H and O–H groups in total. The van der Waals surface area contributed by atoms with Gasteiger partial charge in [0.1, 0.15) is 17.2 Å². The van der Waals surface area contributed by atoms with Crippen molar-refractivity contribution in [1.29, 1.82) is 0 Å². The molecule has 0 spiro atoms. The highest BCUT2D eigenvalue weighted by atomic mass is 16.3. The number of furan rings is 2. The van der Waals surface area contributed by atoms with Crippen LogP contribution in [0.2, 0.25) is 0 Å². The molecule has 292 valence electrons. The van der Waals surface area contributed by atoms with Crippen molar-refractivity contribution in [3.63, 3.8) is 0 Å². The molecule has 7 heteroatoms. The van der Waals surface area contributed by atoms with E-state index in [2.05, 4.69) is 27.7 Å². The highest BCUT2D eigenvalue weighted by Gasteiger charge is 2.50. The van der Waals surface area contributed by atoms with E-state index in [1.165, 1.54) is 109 Å². The van der Waals surface area contributed by atoms with Crippen molar-refractivity contribution in [1.82, 2.24) is 9.80 Å². The van der Waals surface area contributed by atoms with Gasteiger partial charge in [-0.05, 0) is 61.8 Å². The molecule has 0 aliphatic carbocycles. The predicted octanol–water partition coefficient (Wildman–Crippen LogP) is 12.1. The molecule has 2 aliphatic heterocycles. The van der Waals surface area contributed by atoms with Crippen LogP contribution in [0.25, 0.3) is 11.4 Å². The molecule has 53 heavy (non-hydrogen) atoms. The zero-order valence-corrected chi connectivity index (χ0v) is 34.0. The highest BCUT2D eigenvalue weighted by Crippen LogP contribution is 2.47. The number of amides is 2. The van der Waals surface area contributed by atoms with Crippen LogP contribution < -0.4 is 5.66 Å². The van der Waals surface area contributed by atoms with Gasteiger partial charge in [-0.2, -0.15) is 0 Å². The molecule has 2 aromatic heterocycles. The Labute approximate surface area is 324 Å². The zero-order valence-electron chi connectivity index (χ0n) is 34.0. The van der Waals surface area contributed by atoms with Gasteiger partial charge in [-0.15, -0.1) is 0 Å². The molecule has 0 bridgehead atoms. The van der Waals surface area contributed by atoms with Crippen molar-refractivity contribution in [2.45, 2.75) is 182 Å². The summed E-state index contributed by atoms with van der Waals surface area (Å²) in [5.74, 6) is 1.51. The first-order valence-corrected chi connectivity index (χ1v) is 22.0. The Hall–Kier alpha value is -2.96. The lowest BCUT2D eigenvalue weighted by atomic mass is 9.93. The lowest BCUT2D eigenvalue weighted by molar-refractivity contribution is -0.124. The van der Waals surface area contributed by atoms with Crippen molar-refractivity contribution in [3.8, 4) is 0 Å². The van der Waals surface area contributed by atoms with E-state index in [1.54, 1.807) is 12.3 Å². The quantitative estimate of drug-likeness (QED) is 0.0594. The van der Waals surface area contributed by atoms with Crippen molar-refractivity contribution in [2.24, 2.45) is 11.8 Å². The van der Waals surface area contributed by atoms with Crippen molar-refractivity contribution in [2.75, 3.05) is 13.1 Å². The Balaban J connectivity index is 1.66. The van der Waals surface area contributed by atoms with Gasteiger partial charge in [0.25, 0.3) is 11.8 Å². The van der Waals surface area contributed by atoms with Crippen LogP contribution in [0.1, 0.15) is 193 Å². The van der Waals surface area contributed by atoms with Gasteiger partial charge in [-0.1, -0.05) is 156 Å². The van der Waals surface area contributed by atoms with E-state index >= 15 is 0 Å². The van der Waals surface area contributed by atoms with Gasteiger partial charge >= 0.3 is 0 Å². The lowest BCUT2D eigenvalue weighted by Gasteiger charge is -2.29. The molecule has 2 amide bonds. The number of hydrogen-bond donors (Lipinski definition) is 0. The number of unbranched alkanes of at least 4 members (excludes halogenated alkanes) is 16. The minimum Gasteiger partial charge on any atom is -0.471 e. The van der Waals surface area contributed by atoms with Crippen LogP contribution >= 0.6 is 0 Å². The average molecular weight is 727 g/mol.